The molecule has 3 saturated heterocycles. The number of ether oxygens (including phenoxy) is 4. The first kappa shape index (κ1) is 38.7. The Balaban J connectivity index is 1.38. The second-order valence-electron chi connectivity index (χ2n) is 12.6. The molecule has 3 fully saturated rings. The molecule has 46 heavy (non-hydrogen) atoms. The highest BCUT2D eigenvalue weighted by Gasteiger charge is 2.51. The first-order chi connectivity index (χ1) is 22.1. The molecule has 0 aromatic carbocycles. The van der Waals surface area contributed by atoms with E-state index in [2.05, 4.69) is 29.7 Å². The van der Waals surface area contributed by atoms with Crippen molar-refractivity contribution in [1.82, 2.24) is 10.6 Å². The lowest BCUT2D eigenvalue weighted by Crippen LogP contribution is -2.69. The minimum absolute atomic E-state index is 0.175. The number of rotatable bonds is 20. The Bertz CT molecular complexity index is 941. The number of hydrogen-bond acceptors (Lipinski definition) is 12. The Kier molecular flexibility index (Phi) is 16.8. The summed E-state index contributed by atoms with van der Waals surface area (Å²) in [5.41, 5.74) is 0. The summed E-state index contributed by atoms with van der Waals surface area (Å²) in [5, 5.41) is 66.8. The van der Waals surface area contributed by atoms with Gasteiger partial charge in [-0.25, -0.2) is 0 Å². The monoisotopic (exact) mass is 660 g/mol. The van der Waals surface area contributed by atoms with Crippen molar-refractivity contribution in [3.8, 4) is 0 Å². The second-order valence-corrected chi connectivity index (χ2v) is 12.6. The van der Waals surface area contributed by atoms with Crippen LogP contribution in [0, 0.1) is 0 Å². The molecular weight excluding hydrogens is 604 g/mol. The van der Waals surface area contributed by atoms with E-state index in [-0.39, 0.29) is 6.42 Å². The molecule has 3 heterocycles. The molecule has 0 bridgehead atoms. The molecule has 0 spiro atoms. The third kappa shape index (κ3) is 11.8. The highest BCUT2D eigenvalue weighted by molar-refractivity contribution is 5.76. The second kappa shape index (κ2) is 19.9. The topological polar surface area (TPSA) is 220 Å². The first-order valence-electron chi connectivity index (χ1n) is 16.9. The molecular formula is C32H56N2O12. The van der Waals surface area contributed by atoms with Crippen molar-refractivity contribution in [2.45, 2.75) is 164 Å². The number of unbranched alkanes of at least 4 members (excludes halogenated alkanes) is 7. The van der Waals surface area contributed by atoms with Crippen molar-refractivity contribution in [2.75, 3.05) is 13.2 Å². The lowest BCUT2D eigenvalue weighted by molar-refractivity contribution is -0.327. The maximum Gasteiger partial charge on any atom is 0.220 e. The molecule has 0 aromatic rings. The van der Waals surface area contributed by atoms with Crippen molar-refractivity contribution in [3.05, 3.63) is 12.2 Å². The van der Waals surface area contributed by atoms with Gasteiger partial charge >= 0.3 is 0 Å². The number of carbonyl (C=O) groups is 2. The number of nitrogens with one attached hydrogen (secondary N) is 2. The predicted octanol–water partition coefficient (Wildman–Crippen LogP) is -0.105. The van der Waals surface area contributed by atoms with Crippen LogP contribution in [0.4, 0.5) is 0 Å². The maximum absolute atomic E-state index is 12.7. The summed E-state index contributed by atoms with van der Waals surface area (Å²) in [6.45, 7) is 2.01. The zero-order valence-corrected chi connectivity index (χ0v) is 27.1. The minimum Gasteiger partial charge on any atom is -0.394 e. The van der Waals surface area contributed by atoms with Crippen LogP contribution >= 0.6 is 0 Å². The van der Waals surface area contributed by atoms with Crippen LogP contribution < -0.4 is 10.6 Å². The molecule has 14 heteroatoms. The average Bonchev–Trinajstić information content (AvgIpc) is 3.79. The fourth-order valence-corrected chi connectivity index (χ4v) is 6.05. The van der Waals surface area contributed by atoms with Crippen molar-refractivity contribution in [3.63, 3.8) is 0 Å². The highest BCUT2D eigenvalue weighted by Crippen LogP contribution is 2.31. The van der Waals surface area contributed by atoms with Crippen LogP contribution in [0.1, 0.15) is 90.9 Å². The molecule has 8 N–H and O–H groups in total. The van der Waals surface area contributed by atoms with E-state index in [4.69, 9.17) is 18.9 Å². The van der Waals surface area contributed by atoms with Crippen LogP contribution in [0.5, 0.6) is 0 Å². The number of epoxide rings is 1. The van der Waals surface area contributed by atoms with Crippen LogP contribution in [0.2, 0.25) is 0 Å². The summed E-state index contributed by atoms with van der Waals surface area (Å²) >= 11 is 0. The number of hydrogen-bond donors (Lipinski definition) is 8. The van der Waals surface area contributed by atoms with E-state index in [1.165, 1.54) is 26.2 Å². The normalized spacial score (nSPS) is 36.1. The van der Waals surface area contributed by atoms with Gasteiger partial charge in [-0.3, -0.25) is 9.59 Å². The molecule has 0 saturated carbocycles. The number of carbonyl (C=O) groups excluding carboxylic acids is 2. The van der Waals surface area contributed by atoms with Gasteiger partial charge in [-0.1, -0.05) is 57.6 Å². The van der Waals surface area contributed by atoms with Crippen molar-refractivity contribution in [1.29, 1.82) is 0 Å². The summed E-state index contributed by atoms with van der Waals surface area (Å²) in [7, 11) is 0. The quantitative estimate of drug-likeness (QED) is 0.0488. The minimum atomic E-state index is -1.65. The van der Waals surface area contributed by atoms with E-state index in [9.17, 15) is 40.2 Å². The number of aliphatic hydroxyl groups is 6. The Morgan fingerprint density at radius 1 is 0.739 bits per heavy atom. The number of amides is 2. The molecule has 2 amide bonds. The fourth-order valence-electron chi connectivity index (χ4n) is 6.05. The summed E-state index contributed by atoms with van der Waals surface area (Å²) in [4.78, 5) is 24.4. The van der Waals surface area contributed by atoms with Gasteiger partial charge < -0.3 is 60.2 Å². The Morgan fingerprint density at radius 2 is 1.43 bits per heavy atom. The van der Waals surface area contributed by atoms with Crippen LogP contribution in [0.15, 0.2) is 12.2 Å². The molecule has 266 valence electrons. The van der Waals surface area contributed by atoms with Gasteiger partial charge in [-0.05, 0) is 32.1 Å². The standard InChI is InChI=1S/C32H56N2O12/c1-3-4-14-20-21(43-20)15-12-10-8-6-5-7-9-11-13-16-24(38)34-25-29(41)30(23(18-36)44-31(25)42)46-32-26(33-19(2)37)28(40)27(39)22(17-35)45-32/h10,12,20-23,25-32,35-36,39-42H,3-9,11,13-18H2,1-2H3,(H,33,37)(H,34,38)/b12-10-/t20?,21?,22?,23?,25?,26?,27-,28?,29?,30-,31-,32+/m1/s1. The van der Waals surface area contributed by atoms with E-state index in [0.29, 0.717) is 18.6 Å². The van der Waals surface area contributed by atoms with E-state index in [1.54, 1.807) is 0 Å². The van der Waals surface area contributed by atoms with Crippen molar-refractivity contribution in [2.24, 2.45) is 0 Å². The Morgan fingerprint density at radius 3 is 2.11 bits per heavy atom. The van der Waals surface area contributed by atoms with Crippen LogP contribution in [-0.4, -0.2) is 129 Å². The van der Waals surface area contributed by atoms with Gasteiger partial charge in [-0.15, -0.1) is 0 Å². The molecule has 0 aromatic heterocycles. The average molecular weight is 661 g/mol. The van der Waals surface area contributed by atoms with Gasteiger partial charge in [0.25, 0.3) is 0 Å². The third-order valence-electron chi connectivity index (χ3n) is 8.83. The SMILES string of the molecule is CCCCC1OC1C/C=C\CCCCCCCCC(=O)NC1C(O)[C@H](O[C@@H]2OC(CO)[C@@H](O)C(O)C2NC(C)=O)C(CO)O[C@H]1O. The number of aliphatic hydroxyl groups excluding tert-OH is 6. The Labute approximate surface area is 271 Å². The highest BCUT2D eigenvalue weighted by atomic mass is 16.7. The van der Waals surface area contributed by atoms with Gasteiger partial charge in [0.1, 0.15) is 48.7 Å². The Hall–Kier alpha value is -1.72. The van der Waals surface area contributed by atoms with Gasteiger partial charge in [-0.2, -0.15) is 0 Å². The van der Waals surface area contributed by atoms with E-state index >= 15 is 0 Å². The molecule has 0 aliphatic carbocycles. The van der Waals surface area contributed by atoms with Crippen LogP contribution in [0.3, 0.4) is 0 Å². The van der Waals surface area contributed by atoms with Crippen LogP contribution in [0.25, 0.3) is 0 Å². The van der Waals surface area contributed by atoms with Crippen molar-refractivity contribution < 1.29 is 59.2 Å². The van der Waals surface area contributed by atoms with Crippen molar-refractivity contribution >= 4 is 11.8 Å². The largest absolute Gasteiger partial charge is 0.394 e. The molecule has 3 aliphatic rings. The molecule has 3 rings (SSSR count). The smallest absolute Gasteiger partial charge is 0.220 e. The van der Waals surface area contributed by atoms with Gasteiger partial charge in [0.2, 0.25) is 11.8 Å². The summed E-state index contributed by atoms with van der Waals surface area (Å²) < 4.78 is 22.5. The van der Waals surface area contributed by atoms with E-state index in [1.807, 2.05) is 0 Å². The zero-order valence-electron chi connectivity index (χ0n) is 27.1. The summed E-state index contributed by atoms with van der Waals surface area (Å²) in [6.07, 6.45) is 5.17. The number of allylic oxidation sites excluding steroid dienone is 1. The summed E-state index contributed by atoms with van der Waals surface area (Å²) in [5.74, 6) is -0.975. The summed E-state index contributed by atoms with van der Waals surface area (Å²) in [6, 6.07) is -2.61. The van der Waals surface area contributed by atoms with Gasteiger partial charge in [0.15, 0.2) is 12.6 Å². The lowest BCUT2D eigenvalue weighted by Gasteiger charge is -2.47. The first-order valence-corrected chi connectivity index (χ1v) is 16.9. The van der Waals surface area contributed by atoms with Gasteiger partial charge in [0, 0.05) is 13.3 Å². The molecule has 8 unspecified atom stereocenters. The van der Waals surface area contributed by atoms with E-state index in [0.717, 1.165) is 44.9 Å². The third-order valence-corrected chi connectivity index (χ3v) is 8.83. The lowest BCUT2D eigenvalue weighted by atomic mass is 9.94. The molecule has 14 nitrogen and oxygen atoms in total. The zero-order chi connectivity index (χ0) is 33.6. The maximum atomic E-state index is 12.7. The molecule has 3 aliphatic heterocycles. The van der Waals surface area contributed by atoms with E-state index < -0.39 is 86.3 Å². The predicted molar refractivity (Wildman–Crippen MR) is 165 cm³/mol. The molecule has 0 radical (unpaired) electrons. The fraction of sp³-hybridized carbons (Fsp3) is 0.875. The van der Waals surface area contributed by atoms with Crippen LogP contribution in [-0.2, 0) is 28.5 Å². The molecule has 12 atom stereocenters. The van der Waals surface area contributed by atoms with Gasteiger partial charge in [0.05, 0.1) is 25.4 Å².